The van der Waals surface area contributed by atoms with Gasteiger partial charge < -0.3 is 9.47 Å². The third-order valence-corrected chi connectivity index (χ3v) is 2.08. The molecule has 0 amide bonds. The molecule has 0 spiro atoms. The van der Waals surface area contributed by atoms with Crippen LogP contribution in [-0.4, -0.2) is 12.2 Å². The summed E-state index contributed by atoms with van der Waals surface area (Å²) in [5.41, 5.74) is 0. The Morgan fingerprint density at radius 3 is 2.09 bits per heavy atom. The van der Waals surface area contributed by atoms with Crippen LogP contribution in [0.2, 0.25) is 0 Å². The van der Waals surface area contributed by atoms with Crippen LogP contribution in [0.1, 0.15) is 6.42 Å². The van der Waals surface area contributed by atoms with E-state index in [0.29, 0.717) is 12.2 Å². The highest BCUT2D eigenvalue weighted by molar-refractivity contribution is 5.42. The fourth-order valence-corrected chi connectivity index (χ4v) is 1.37. The minimum atomic E-state index is 0.338. The van der Waals surface area contributed by atoms with E-state index in [-0.39, 0.29) is 0 Å². The predicted octanol–water partition coefficient (Wildman–Crippen LogP) is 1.60. The van der Waals surface area contributed by atoms with Crippen molar-refractivity contribution in [1.29, 1.82) is 0 Å². The molecule has 0 N–H and O–H groups in total. The zero-order valence-electron chi connectivity index (χ0n) is 5.99. The van der Waals surface area contributed by atoms with E-state index in [0.717, 1.165) is 17.9 Å². The largest absolute Gasteiger partial charge is 0.483 e. The van der Waals surface area contributed by atoms with Gasteiger partial charge in [0.25, 0.3) is 0 Å². The number of benzene rings is 1. The highest BCUT2D eigenvalue weighted by Crippen LogP contribution is 2.42. The normalized spacial score (nSPS) is 30.9. The van der Waals surface area contributed by atoms with Crippen molar-refractivity contribution in [1.82, 2.24) is 0 Å². The first-order chi connectivity index (χ1) is 5.43. The van der Waals surface area contributed by atoms with E-state index < -0.39 is 0 Å². The van der Waals surface area contributed by atoms with Gasteiger partial charge in [-0.15, -0.1) is 0 Å². The molecule has 2 unspecified atom stereocenters. The minimum Gasteiger partial charge on any atom is -0.483 e. The van der Waals surface area contributed by atoms with Crippen LogP contribution < -0.4 is 9.47 Å². The second-order valence-corrected chi connectivity index (χ2v) is 3.00. The summed E-state index contributed by atoms with van der Waals surface area (Å²) in [5, 5.41) is 0. The standard InChI is InChI=1S/C9H8O2/c1-2-4-7-6(3-1)10-8-5-9(8)11-7/h1-4,8-9H,5H2. The predicted molar refractivity (Wildman–Crippen MR) is 39.9 cm³/mol. The number of ether oxygens (including phenoxy) is 2. The molecule has 56 valence electrons. The average molecular weight is 148 g/mol. The molecular weight excluding hydrogens is 140 g/mol. The van der Waals surface area contributed by atoms with Crippen LogP contribution in [0.15, 0.2) is 24.3 Å². The van der Waals surface area contributed by atoms with Gasteiger partial charge >= 0.3 is 0 Å². The molecule has 1 aromatic carbocycles. The zero-order chi connectivity index (χ0) is 7.26. The van der Waals surface area contributed by atoms with Gasteiger partial charge in [-0.3, -0.25) is 0 Å². The second-order valence-electron chi connectivity index (χ2n) is 3.00. The summed E-state index contributed by atoms with van der Waals surface area (Å²) in [6, 6.07) is 7.82. The Hall–Kier alpha value is -1.18. The van der Waals surface area contributed by atoms with E-state index in [1.165, 1.54) is 0 Å². The Labute approximate surface area is 64.7 Å². The number of hydrogen-bond donors (Lipinski definition) is 0. The Morgan fingerprint density at radius 2 is 1.55 bits per heavy atom. The van der Waals surface area contributed by atoms with E-state index in [9.17, 15) is 0 Å². The van der Waals surface area contributed by atoms with Crippen molar-refractivity contribution in [3.63, 3.8) is 0 Å². The molecule has 2 nitrogen and oxygen atoms in total. The molecule has 2 atom stereocenters. The van der Waals surface area contributed by atoms with Crippen molar-refractivity contribution in [2.75, 3.05) is 0 Å². The van der Waals surface area contributed by atoms with Crippen LogP contribution in [0, 0.1) is 0 Å². The highest BCUT2D eigenvalue weighted by atomic mass is 16.6. The van der Waals surface area contributed by atoms with Crippen LogP contribution in [0.3, 0.4) is 0 Å². The van der Waals surface area contributed by atoms with Crippen LogP contribution in [0.4, 0.5) is 0 Å². The van der Waals surface area contributed by atoms with Gasteiger partial charge in [0.2, 0.25) is 0 Å². The van der Waals surface area contributed by atoms with Gasteiger partial charge in [0, 0.05) is 6.42 Å². The third kappa shape index (κ3) is 0.723. The first-order valence-electron chi connectivity index (χ1n) is 3.86. The van der Waals surface area contributed by atoms with Crippen molar-refractivity contribution in [2.45, 2.75) is 18.6 Å². The molecule has 1 aliphatic carbocycles. The van der Waals surface area contributed by atoms with E-state index in [4.69, 9.17) is 9.47 Å². The summed E-state index contributed by atoms with van der Waals surface area (Å²) in [4.78, 5) is 0. The summed E-state index contributed by atoms with van der Waals surface area (Å²) in [5.74, 6) is 1.79. The van der Waals surface area contributed by atoms with Gasteiger partial charge in [0.1, 0.15) is 12.2 Å². The van der Waals surface area contributed by atoms with Gasteiger partial charge in [0.15, 0.2) is 11.5 Å². The van der Waals surface area contributed by atoms with Gasteiger partial charge in [0.05, 0.1) is 0 Å². The molecule has 0 saturated heterocycles. The number of hydrogen-bond acceptors (Lipinski definition) is 2. The van der Waals surface area contributed by atoms with Crippen molar-refractivity contribution >= 4 is 0 Å². The lowest BCUT2D eigenvalue weighted by Crippen LogP contribution is -2.14. The first kappa shape index (κ1) is 5.47. The van der Waals surface area contributed by atoms with Crippen LogP contribution >= 0.6 is 0 Å². The molecule has 3 rings (SSSR count). The maximum atomic E-state index is 5.58. The fraction of sp³-hybridized carbons (Fsp3) is 0.333. The van der Waals surface area contributed by atoms with Gasteiger partial charge in [-0.25, -0.2) is 0 Å². The molecule has 2 aliphatic rings. The van der Waals surface area contributed by atoms with Gasteiger partial charge in [-0.2, -0.15) is 0 Å². The smallest absolute Gasteiger partial charge is 0.161 e. The molecule has 0 aromatic heterocycles. The summed E-state index contributed by atoms with van der Waals surface area (Å²) in [7, 11) is 0. The molecule has 0 bridgehead atoms. The molecular formula is C9H8O2. The Balaban J connectivity index is 2.07. The molecule has 1 aliphatic heterocycles. The lowest BCUT2D eigenvalue weighted by atomic mass is 10.3. The monoisotopic (exact) mass is 148 g/mol. The molecule has 1 aromatic rings. The summed E-state index contributed by atoms with van der Waals surface area (Å²) < 4.78 is 11.2. The van der Waals surface area contributed by atoms with Gasteiger partial charge in [-0.05, 0) is 12.1 Å². The molecule has 0 radical (unpaired) electrons. The summed E-state index contributed by atoms with van der Waals surface area (Å²) in [6.07, 6.45) is 1.73. The van der Waals surface area contributed by atoms with Gasteiger partial charge in [-0.1, -0.05) is 12.1 Å². The fourth-order valence-electron chi connectivity index (χ4n) is 1.37. The van der Waals surface area contributed by atoms with E-state index in [1.807, 2.05) is 24.3 Å². The van der Waals surface area contributed by atoms with Crippen molar-refractivity contribution in [3.8, 4) is 11.5 Å². The molecule has 11 heavy (non-hydrogen) atoms. The lowest BCUT2D eigenvalue weighted by Gasteiger charge is -2.16. The van der Waals surface area contributed by atoms with E-state index in [2.05, 4.69) is 0 Å². The number of rotatable bonds is 0. The Kier molecular flexibility index (Phi) is 0.844. The van der Waals surface area contributed by atoms with Crippen molar-refractivity contribution < 1.29 is 9.47 Å². The molecule has 2 heteroatoms. The van der Waals surface area contributed by atoms with Crippen molar-refractivity contribution in [2.24, 2.45) is 0 Å². The SMILES string of the molecule is c1ccc2c(c1)OC1CC1O2. The highest BCUT2D eigenvalue weighted by Gasteiger charge is 2.45. The molecule has 1 saturated carbocycles. The topological polar surface area (TPSA) is 18.5 Å². The van der Waals surface area contributed by atoms with E-state index >= 15 is 0 Å². The summed E-state index contributed by atoms with van der Waals surface area (Å²) >= 11 is 0. The average Bonchev–Trinajstić information content (AvgIpc) is 2.77. The first-order valence-corrected chi connectivity index (χ1v) is 3.86. The maximum Gasteiger partial charge on any atom is 0.161 e. The molecule has 1 fully saturated rings. The third-order valence-electron chi connectivity index (χ3n) is 2.08. The zero-order valence-corrected chi connectivity index (χ0v) is 5.99. The molecule has 1 heterocycles. The van der Waals surface area contributed by atoms with Crippen LogP contribution in [-0.2, 0) is 0 Å². The maximum absolute atomic E-state index is 5.58. The minimum absolute atomic E-state index is 0.338. The van der Waals surface area contributed by atoms with Crippen LogP contribution in [0.25, 0.3) is 0 Å². The van der Waals surface area contributed by atoms with Crippen LogP contribution in [0.5, 0.6) is 11.5 Å². The number of fused-ring (bicyclic) bond motifs is 2. The lowest BCUT2D eigenvalue weighted by molar-refractivity contribution is 0.166. The Morgan fingerprint density at radius 1 is 1.00 bits per heavy atom. The second kappa shape index (κ2) is 1.70. The number of para-hydroxylation sites is 2. The quantitative estimate of drug-likeness (QED) is 0.556. The summed E-state index contributed by atoms with van der Waals surface area (Å²) in [6.45, 7) is 0. The Bertz CT molecular complexity index is 266. The van der Waals surface area contributed by atoms with Crippen molar-refractivity contribution in [3.05, 3.63) is 24.3 Å². The van der Waals surface area contributed by atoms with E-state index in [1.54, 1.807) is 0 Å².